The van der Waals surface area contributed by atoms with Crippen molar-refractivity contribution in [3.8, 4) is 0 Å². The zero-order chi connectivity index (χ0) is 25.7. The van der Waals surface area contributed by atoms with Gasteiger partial charge in [0.2, 0.25) is 0 Å². The standard InChI is InChI=1S/C27H41NO5S/c1-17(14-20-16-34-19(3)28-20)21-12-10-8-9-11-13-26(4,5)24(31)18(2)25(32)27(6,7)22(29)15-23(30)33-21/h8,10,14,16,18,21-22,24,29,31H,9,11-13,15H2,1-7H3/b10-8-,17-14+/t18-,21-,22+,24-/m0/s1. The summed E-state index contributed by atoms with van der Waals surface area (Å²) in [6.07, 6.45) is 6.13. The molecule has 0 unspecified atom stereocenters. The molecule has 0 aliphatic carbocycles. The van der Waals surface area contributed by atoms with Gasteiger partial charge >= 0.3 is 5.97 Å². The molecule has 6 nitrogen and oxygen atoms in total. The zero-order valence-electron chi connectivity index (χ0n) is 21.6. The SMILES string of the molecule is C/C(=C\c1csc(C)n1)[C@@H]1C/C=C\CCCC(C)(C)[C@@H](O)[C@H](C)C(=O)C(C)(C)[C@H](O)CC(=O)O1. The van der Waals surface area contributed by atoms with Gasteiger partial charge in [-0.05, 0) is 50.2 Å². The Morgan fingerprint density at radius 1 is 1.21 bits per heavy atom. The number of carbonyl (C=O) groups is 2. The highest BCUT2D eigenvalue weighted by atomic mass is 32.1. The van der Waals surface area contributed by atoms with E-state index in [9.17, 15) is 19.8 Å². The molecule has 2 N–H and O–H groups in total. The number of aromatic nitrogens is 1. The van der Waals surface area contributed by atoms with E-state index in [-0.39, 0.29) is 12.2 Å². The first-order chi connectivity index (χ1) is 15.8. The fourth-order valence-corrected chi connectivity index (χ4v) is 5.02. The van der Waals surface area contributed by atoms with Gasteiger partial charge < -0.3 is 14.9 Å². The lowest BCUT2D eigenvalue weighted by Gasteiger charge is -2.38. The third-order valence-corrected chi connectivity index (χ3v) is 7.81. The molecule has 1 aromatic rings. The Kier molecular flexibility index (Phi) is 9.80. The van der Waals surface area contributed by atoms with Gasteiger partial charge in [-0.1, -0.05) is 46.8 Å². The molecule has 0 aromatic carbocycles. The topological polar surface area (TPSA) is 96.7 Å². The van der Waals surface area contributed by atoms with Gasteiger partial charge in [0, 0.05) is 17.7 Å². The number of Topliss-reactive ketones (excluding diaryl/α,β-unsaturated/α-hetero) is 1. The van der Waals surface area contributed by atoms with Crippen LogP contribution in [-0.2, 0) is 14.3 Å². The quantitative estimate of drug-likeness (QED) is 0.432. The van der Waals surface area contributed by atoms with E-state index >= 15 is 0 Å². The number of rotatable bonds is 2. The van der Waals surface area contributed by atoms with E-state index in [1.54, 1.807) is 32.1 Å². The zero-order valence-corrected chi connectivity index (χ0v) is 22.4. The normalized spacial score (nSPS) is 30.6. The van der Waals surface area contributed by atoms with E-state index in [0.717, 1.165) is 35.5 Å². The molecule has 190 valence electrons. The molecule has 7 heteroatoms. The molecule has 0 bridgehead atoms. The number of ketones is 1. The van der Waals surface area contributed by atoms with Crippen molar-refractivity contribution < 1.29 is 24.5 Å². The highest BCUT2D eigenvalue weighted by Gasteiger charge is 2.44. The van der Waals surface area contributed by atoms with Gasteiger partial charge in [-0.2, -0.15) is 0 Å². The minimum Gasteiger partial charge on any atom is -0.457 e. The Labute approximate surface area is 208 Å². The second-order valence-electron chi connectivity index (χ2n) is 10.8. The molecule has 4 atom stereocenters. The van der Waals surface area contributed by atoms with Crippen molar-refractivity contribution in [3.05, 3.63) is 33.8 Å². The maximum atomic E-state index is 13.3. The summed E-state index contributed by atoms with van der Waals surface area (Å²) < 4.78 is 5.77. The number of aliphatic hydroxyl groups is 2. The number of ether oxygens (including phenoxy) is 1. The smallest absolute Gasteiger partial charge is 0.309 e. The third-order valence-electron chi connectivity index (χ3n) is 7.02. The van der Waals surface area contributed by atoms with Crippen molar-refractivity contribution in [1.82, 2.24) is 4.98 Å². The molecule has 2 heterocycles. The minimum absolute atomic E-state index is 0.258. The molecule has 2 rings (SSSR count). The summed E-state index contributed by atoms with van der Waals surface area (Å²) in [6.45, 7) is 12.8. The first-order valence-electron chi connectivity index (χ1n) is 12.1. The molecule has 0 radical (unpaired) electrons. The average Bonchev–Trinajstić information content (AvgIpc) is 3.17. The largest absolute Gasteiger partial charge is 0.457 e. The van der Waals surface area contributed by atoms with Crippen molar-refractivity contribution in [2.75, 3.05) is 0 Å². The van der Waals surface area contributed by atoms with Crippen LogP contribution in [0.1, 0.15) is 84.3 Å². The van der Waals surface area contributed by atoms with E-state index < -0.39 is 41.0 Å². The van der Waals surface area contributed by atoms with E-state index in [0.29, 0.717) is 6.42 Å². The number of carbonyl (C=O) groups excluding carboxylic acids is 2. The van der Waals surface area contributed by atoms with Crippen LogP contribution in [0.25, 0.3) is 6.08 Å². The Morgan fingerprint density at radius 3 is 2.50 bits per heavy atom. The summed E-state index contributed by atoms with van der Waals surface area (Å²) in [6, 6.07) is 0. The summed E-state index contributed by atoms with van der Waals surface area (Å²) in [4.78, 5) is 30.5. The van der Waals surface area contributed by atoms with Crippen molar-refractivity contribution in [1.29, 1.82) is 0 Å². The van der Waals surface area contributed by atoms with Gasteiger partial charge in [0.25, 0.3) is 0 Å². The molecule has 1 aliphatic heterocycles. The summed E-state index contributed by atoms with van der Waals surface area (Å²) in [5.41, 5.74) is 0.0409. The second-order valence-corrected chi connectivity index (χ2v) is 11.8. The van der Waals surface area contributed by atoms with E-state index in [2.05, 4.69) is 11.1 Å². The van der Waals surface area contributed by atoms with Crippen LogP contribution in [0.15, 0.2) is 23.1 Å². The average molecular weight is 492 g/mol. The molecule has 1 aromatic heterocycles. The maximum Gasteiger partial charge on any atom is 0.309 e. The van der Waals surface area contributed by atoms with Crippen LogP contribution in [0.4, 0.5) is 0 Å². The van der Waals surface area contributed by atoms with E-state index in [1.165, 1.54) is 0 Å². The van der Waals surface area contributed by atoms with Crippen molar-refractivity contribution in [3.63, 3.8) is 0 Å². The number of cyclic esters (lactones) is 1. The van der Waals surface area contributed by atoms with Crippen molar-refractivity contribution in [2.24, 2.45) is 16.7 Å². The van der Waals surface area contributed by atoms with Crippen molar-refractivity contribution >= 4 is 29.2 Å². The molecule has 0 fully saturated rings. The number of esters is 1. The van der Waals surface area contributed by atoms with Crippen LogP contribution < -0.4 is 0 Å². The van der Waals surface area contributed by atoms with Crippen LogP contribution in [0.3, 0.4) is 0 Å². The number of aliphatic hydroxyl groups excluding tert-OH is 2. The van der Waals surface area contributed by atoms with Gasteiger partial charge in [-0.3, -0.25) is 9.59 Å². The molecular formula is C27H41NO5S. The van der Waals surface area contributed by atoms with Gasteiger partial charge in [-0.15, -0.1) is 11.3 Å². The van der Waals surface area contributed by atoms with E-state index in [1.807, 2.05) is 45.2 Å². The number of hydrogen-bond acceptors (Lipinski definition) is 7. The lowest BCUT2D eigenvalue weighted by atomic mass is 9.69. The van der Waals surface area contributed by atoms with Gasteiger partial charge in [0.1, 0.15) is 11.9 Å². The van der Waals surface area contributed by atoms with Crippen LogP contribution >= 0.6 is 11.3 Å². The van der Waals surface area contributed by atoms with Crippen molar-refractivity contribution in [2.45, 2.75) is 98.9 Å². The van der Waals surface area contributed by atoms with Crippen LogP contribution in [0.5, 0.6) is 0 Å². The molecule has 0 amide bonds. The van der Waals surface area contributed by atoms with Crippen LogP contribution in [0, 0.1) is 23.7 Å². The summed E-state index contributed by atoms with van der Waals surface area (Å²) in [5.74, 6) is -1.49. The van der Waals surface area contributed by atoms with Gasteiger partial charge in [0.05, 0.1) is 34.7 Å². The highest BCUT2D eigenvalue weighted by Crippen LogP contribution is 2.37. The van der Waals surface area contributed by atoms with Crippen LogP contribution in [0.2, 0.25) is 0 Å². The number of thiazole rings is 1. The predicted molar refractivity (Wildman–Crippen MR) is 136 cm³/mol. The first-order valence-corrected chi connectivity index (χ1v) is 13.0. The molecule has 1 aliphatic rings. The Morgan fingerprint density at radius 2 is 1.88 bits per heavy atom. The predicted octanol–water partition coefficient (Wildman–Crippen LogP) is 5.27. The fraction of sp³-hybridized carbons (Fsp3) is 0.667. The Hall–Kier alpha value is -1.83. The number of aryl methyl sites for hydroxylation is 1. The minimum atomic E-state index is -1.22. The molecule has 0 saturated carbocycles. The summed E-state index contributed by atoms with van der Waals surface area (Å²) in [5, 5.41) is 24.7. The fourth-order valence-electron chi connectivity index (χ4n) is 4.45. The molecule has 34 heavy (non-hydrogen) atoms. The summed E-state index contributed by atoms with van der Waals surface area (Å²) in [7, 11) is 0. The third kappa shape index (κ3) is 7.33. The maximum absolute atomic E-state index is 13.3. The summed E-state index contributed by atoms with van der Waals surface area (Å²) >= 11 is 1.56. The Bertz CT molecular complexity index is 914. The molecular weight excluding hydrogens is 450 g/mol. The van der Waals surface area contributed by atoms with Crippen LogP contribution in [-0.4, -0.2) is 45.3 Å². The number of nitrogens with zero attached hydrogens (tertiary/aromatic N) is 1. The molecule has 0 spiro atoms. The van der Waals surface area contributed by atoms with Gasteiger partial charge in [-0.25, -0.2) is 4.98 Å². The van der Waals surface area contributed by atoms with Gasteiger partial charge in [0.15, 0.2) is 0 Å². The second kappa shape index (κ2) is 11.7. The highest BCUT2D eigenvalue weighted by molar-refractivity contribution is 7.09. The lowest BCUT2D eigenvalue weighted by Crippen LogP contribution is -2.47. The lowest BCUT2D eigenvalue weighted by molar-refractivity contribution is -0.154. The monoisotopic (exact) mass is 491 g/mol. The first kappa shape index (κ1) is 28.4. The molecule has 0 saturated heterocycles. The Balaban J connectivity index is 2.31. The number of allylic oxidation sites excluding steroid dienone is 1. The van der Waals surface area contributed by atoms with E-state index in [4.69, 9.17) is 4.74 Å². The number of hydrogen-bond donors (Lipinski definition) is 2.